The van der Waals surface area contributed by atoms with E-state index in [1.807, 2.05) is 6.92 Å². The van der Waals surface area contributed by atoms with Crippen LogP contribution < -0.4 is 25.7 Å². The Bertz CT molecular complexity index is 2860. The van der Waals surface area contributed by atoms with Gasteiger partial charge >= 0.3 is 11.9 Å². The van der Waals surface area contributed by atoms with Crippen molar-refractivity contribution in [2.24, 2.45) is 39.6 Å². The van der Waals surface area contributed by atoms with Crippen LogP contribution in [0.2, 0.25) is 0 Å². The molecule has 400 valence electrons. The molecule has 0 aliphatic carbocycles. The van der Waals surface area contributed by atoms with Crippen molar-refractivity contribution in [3.8, 4) is 17.2 Å². The first-order chi connectivity index (χ1) is 35.1. The topological polar surface area (TPSA) is 216 Å². The Balaban J connectivity index is 1.18. The van der Waals surface area contributed by atoms with Crippen molar-refractivity contribution < 1.29 is 58.1 Å². The molecule has 2 saturated heterocycles. The Hall–Kier alpha value is -6.08. The number of aliphatic hydroxyl groups excluding tert-OH is 2. The van der Waals surface area contributed by atoms with Crippen molar-refractivity contribution in [1.29, 1.82) is 0 Å². The minimum Gasteiger partial charge on any atom is -0.507 e. The first-order valence-corrected chi connectivity index (χ1v) is 25.9. The smallest absolute Gasteiger partial charge is 0.410 e. The average molecular weight is 1030 g/mol. The van der Waals surface area contributed by atoms with E-state index >= 15 is 0 Å². The van der Waals surface area contributed by atoms with Gasteiger partial charge in [0.25, 0.3) is 11.7 Å². The molecule has 2 amide bonds. The summed E-state index contributed by atoms with van der Waals surface area (Å²) in [5.74, 6) is -6.68. The maximum Gasteiger partial charge on any atom is 0.410 e. The Labute approximate surface area is 432 Å². The lowest BCUT2D eigenvalue weighted by molar-refractivity contribution is -0.112. The van der Waals surface area contributed by atoms with Gasteiger partial charge in [-0.3, -0.25) is 19.6 Å². The molecule has 18 heteroatoms. The number of halogens is 1. The van der Waals surface area contributed by atoms with Crippen molar-refractivity contribution in [2.75, 3.05) is 63.1 Å². The summed E-state index contributed by atoms with van der Waals surface area (Å²) in [5, 5.41) is 51.2. The Morgan fingerprint density at radius 2 is 1.58 bits per heavy atom. The lowest BCUT2D eigenvalue weighted by atomic mass is 9.78. The van der Waals surface area contributed by atoms with Gasteiger partial charge in [0, 0.05) is 119 Å². The lowest BCUT2D eigenvalue weighted by Gasteiger charge is -2.38. The van der Waals surface area contributed by atoms with Gasteiger partial charge in [-0.15, -0.1) is 0 Å². The summed E-state index contributed by atoms with van der Waals surface area (Å²) in [6.45, 7) is 20.0. The minimum absolute atomic E-state index is 0.0192. The fourth-order valence-corrected chi connectivity index (χ4v) is 11.2. The largest absolute Gasteiger partial charge is 0.507 e. The summed E-state index contributed by atoms with van der Waals surface area (Å²) in [6, 6.07) is 6.22. The third-order valence-corrected chi connectivity index (χ3v) is 15.8. The van der Waals surface area contributed by atoms with Crippen LogP contribution >= 0.6 is 0 Å². The molecule has 0 radical (unpaired) electrons. The molecule has 0 saturated carbocycles. The van der Waals surface area contributed by atoms with E-state index in [-0.39, 0.29) is 61.2 Å². The Morgan fingerprint density at radius 3 is 2.26 bits per heavy atom. The second kappa shape index (κ2) is 21.6. The molecule has 9 atom stereocenters. The third-order valence-electron chi connectivity index (χ3n) is 15.8. The van der Waals surface area contributed by atoms with Crippen LogP contribution in [0.3, 0.4) is 0 Å². The van der Waals surface area contributed by atoms with E-state index in [0.29, 0.717) is 64.4 Å². The first kappa shape index (κ1) is 54.2. The number of anilines is 2. The van der Waals surface area contributed by atoms with Crippen LogP contribution in [0.15, 0.2) is 70.4 Å². The van der Waals surface area contributed by atoms with Gasteiger partial charge in [-0.05, 0) is 56.5 Å². The predicted molar refractivity (Wildman–Crippen MR) is 277 cm³/mol. The van der Waals surface area contributed by atoms with Crippen molar-refractivity contribution in [2.45, 2.75) is 117 Å². The number of carbonyl (C=O) groups is 3. The van der Waals surface area contributed by atoms with Crippen molar-refractivity contribution >= 4 is 39.9 Å². The summed E-state index contributed by atoms with van der Waals surface area (Å²) >= 11 is 0. The van der Waals surface area contributed by atoms with Gasteiger partial charge in [-0.2, -0.15) is 0 Å². The van der Waals surface area contributed by atoms with E-state index < -0.39 is 83.1 Å². The molecule has 2 fully saturated rings. The number of fused-ring (bicyclic) bond motifs is 13. The average Bonchev–Trinajstić information content (AvgIpc) is 3.74. The lowest BCUT2D eigenvalue weighted by Crippen LogP contribution is -2.48. The highest BCUT2D eigenvalue weighted by atomic mass is 19.1. The van der Waals surface area contributed by atoms with Gasteiger partial charge in [0.1, 0.15) is 34.5 Å². The number of aromatic hydroxyl groups is 2. The zero-order valence-electron chi connectivity index (χ0n) is 44.2. The van der Waals surface area contributed by atoms with E-state index in [2.05, 4.69) is 29.0 Å². The number of hydrogen-bond donors (Lipinski definition) is 5. The molecule has 6 aliphatic rings. The van der Waals surface area contributed by atoms with Crippen LogP contribution in [-0.2, 0) is 19.0 Å². The molecule has 74 heavy (non-hydrogen) atoms. The number of methoxy groups -OCH3 is 1. The highest BCUT2D eigenvalue weighted by Gasteiger charge is 2.50. The highest BCUT2D eigenvalue weighted by Crippen LogP contribution is 2.50. The van der Waals surface area contributed by atoms with E-state index in [1.165, 1.54) is 32.4 Å². The Kier molecular flexibility index (Phi) is 15.8. The second-order valence-electron chi connectivity index (χ2n) is 21.5. The summed E-state index contributed by atoms with van der Waals surface area (Å²) in [6.07, 6.45) is 4.69. The standard InChI is InChI=1S/C56H73FN6O11/c1-30(2)29-61-24-20-56(21-25-61)59-43-40-41-48(66)36(8)51-42(40)52(68)55(9,74-51)72-28-19-39(71-10)33(5)50(73-54(70)63-23-12-22-62(26-27-63)38-17-15-37(57)16-18-38)35(7)47(65)34(6)46(64)31(3)13-11-14-32(4)53(69)58-45(49(41)67)44(43)60-56/h11,13-19,28,30-31,33-35,39,46-47,50,64-67H,12,20-27,29H2,1-10H3,(H,58,69)/b13-11+,28-19+,32-14-/t31?,33-,34-,35-,39+,46+,47-,50-,55+/m1/s1. The summed E-state index contributed by atoms with van der Waals surface area (Å²) < 4.78 is 38.8. The monoisotopic (exact) mass is 1020 g/mol. The van der Waals surface area contributed by atoms with Crippen LogP contribution in [0.1, 0.15) is 90.6 Å². The molecule has 5 bridgehead atoms. The summed E-state index contributed by atoms with van der Waals surface area (Å²) in [4.78, 5) is 59.7. The Morgan fingerprint density at radius 1 is 0.892 bits per heavy atom. The molecule has 1 unspecified atom stereocenters. The highest BCUT2D eigenvalue weighted by molar-refractivity contribution is 6.19. The second-order valence-corrected chi connectivity index (χ2v) is 21.5. The number of benzene rings is 3. The number of nitrogens with zero attached hydrogens (tertiary/aromatic N) is 5. The van der Waals surface area contributed by atoms with Gasteiger partial charge in [-0.1, -0.05) is 59.8 Å². The van der Waals surface area contributed by atoms with Crippen molar-refractivity contribution in [3.05, 3.63) is 88.1 Å². The number of hydrogen-bond acceptors (Lipinski definition) is 15. The molecular weight excluding hydrogens is 952 g/mol. The number of Topliss-reactive ketones (excluding diaryl/α,β-unsaturated/α-hetero) is 1. The number of likely N-dealkylation sites (tertiary alicyclic amines) is 1. The fourth-order valence-electron chi connectivity index (χ4n) is 11.2. The van der Waals surface area contributed by atoms with Gasteiger partial charge < -0.3 is 59.4 Å². The van der Waals surface area contributed by atoms with Crippen LogP contribution in [-0.4, -0.2) is 137 Å². The molecule has 1 spiro atoms. The molecule has 3 aromatic carbocycles. The van der Waals surface area contributed by atoms with Gasteiger partial charge in [0.05, 0.1) is 40.9 Å². The number of nitrogens with one attached hydrogen (secondary N) is 1. The molecule has 0 aromatic heterocycles. The maximum absolute atomic E-state index is 15.0. The number of rotatable bonds is 5. The van der Waals surface area contributed by atoms with Crippen LogP contribution in [0.25, 0.3) is 10.8 Å². The van der Waals surface area contributed by atoms with E-state index in [1.54, 1.807) is 76.0 Å². The molecular formula is C56H73FN6O11. The number of carbonyl (C=O) groups excluding carboxylic acids is 3. The van der Waals surface area contributed by atoms with Gasteiger partial charge in [-0.25, -0.2) is 9.18 Å². The quantitative estimate of drug-likeness (QED) is 0.169. The predicted octanol–water partition coefficient (Wildman–Crippen LogP) is 6.67. The summed E-state index contributed by atoms with van der Waals surface area (Å²) in [7, 11) is 1.47. The normalized spacial score (nSPS) is 30.4. The fraction of sp³-hybridized carbons (Fsp3) is 0.554. The van der Waals surface area contributed by atoms with Crippen LogP contribution in [0, 0.1) is 42.3 Å². The van der Waals surface area contributed by atoms with E-state index in [9.17, 15) is 39.2 Å². The van der Waals surface area contributed by atoms with Crippen LogP contribution in [0.4, 0.5) is 20.6 Å². The molecule has 5 N–H and O–H groups in total. The number of ether oxygens (including phenoxy) is 4. The number of phenolic OH excluding ortho intramolecular Hbond substituents is 2. The molecule has 6 aliphatic heterocycles. The zero-order valence-corrected chi connectivity index (χ0v) is 44.2. The number of aliphatic hydroxyl groups is 2. The number of allylic oxidation sites excluding steroid dienone is 2. The number of ketones is 1. The van der Waals surface area contributed by atoms with E-state index in [4.69, 9.17) is 28.9 Å². The SMILES string of the molecule is CO[C@H]1/C=C/O[C@@]2(C)Oc3c(C)c(O)c4c(O)c(c5c(c4c3C2=O)=NC2(CCN(CC(C)C)CC2)N=5)NC(=O)/C(C)=C\C=C\C(C)[C@H](O)[C@@H](C)[C@@H](O)[C@@H](C)[C@H](OC(=O)N2CCCN(c3ccc(F)cc3)CC2)[C@@H]1C. The number of phenols is 2. The molecule has 17 nitrogen and oxygen atoms in total. The third kappa shape index (κ3) is 10.5. The van der Waals surface area contributed by atoms with Crippen LogP contribution in [0.5, 0.6) is 17.2 Å². The molecule has 6 heterocycles. The zero-order chi connectivity index (χ0) is 53.6. The first-order valence-electron chi connectivity index (χ1n) is 25.9. The van der Waals surface area contributed by atoms with E-state index in [0.717, 1.165) is 12.2 Å². The number of piperidine rings is 1. The number of amides is 2. The minimum atomic E-state index is -2.01. The maximum atomic E-state index is 15.0. The van der Waals surface area contributed by atoms with Crippen molar-refractivity contribution in [1.82, 2.24) is 9.80 Å². The molecule has 3 aromatic rings. The van der Waals surface area contributed by atoms with Gasteiger partial charge in [0.2, 0.25) is 0 Å². The molecule has 9 rings (SSSR count). The van der Waals surface area contributed by atoms with Crippen molar-refractivity contribution in [3.63, 3.8) is 0 Å². The summed E-state index contributed by atoms with van der Waals surface area (Å²) in [5.41, 5.74) is 0.177. The van der Waals surface area contributed by atoms with Gasteiger partial charge in [0.15, 0.2) is 11.4 Å².